The molecule has 1 atom stereocenters. The van der Waals surface area contributed by atoms with Gasteiger partial charge in [-0.15, -0.1) is 21.5 Å². The maximum atomic E-state index is 4.23. The van der Waals surface area contributed by atoms with E-state index in [4.69, 9.17) is 0 Å². The summed E-state index contributed by atoms with van der Waals surface area (Å²) < 4.78 is 0. The molecule has 0 aliphatic rings. The highest BCUT2D eigenvalue weighted by Crippen LogP contribution is 2.16. The van der Waals surface area contributed by atoms with Gasteiger partial charge < -0.3 is 5.32 Å². The van der Waals surface area contributed by atoms with Crippen molar-refractivity contribution in [1.82, 2.24) is 15.5 Å². The molecule has 1 aromatic heterocycles. The molecular formula is C11H21N3S. The van der Waals surface area contributed by atoms with E-state index in [2.05, 4.69) is 29.4 Å². The van der Waals surface area contributed by atoms with Gasteiger partial charge in [0.15, 0.2) is 0 Å². The molecule has 0 aliphatic carbocycles. The van der Waals surface area contributed by atoms with Crippen molar-refractivity contribution in [3.8, 4) is 0 Å². The fraction of sp³-hybridized carbons (Fsp3) is 0.818. The molecule has 0 bridgehead atoms. The van der Waals surface area contributed by atoms with Crippen LogP contribution in [0.2, 0.25) is 0 Å². The number of aryl methyl sites for hydroxylation is 1. The van der Waals surface area contributed by atoms with Crippen LogP contribution in [0.4, 0.5) is 0 Å². The van der Waals surface area contributed by atoms with Crippen LogP contribution >= 0.6 is 11.3 Å². The third-order valence-corrected chi connectivity index (χ3v) is 3.55. The van der Waals surface area contributed by atoms with Crippen LogP contribution < -0.4 is 5.32 Å². The molecule has 0 amide bonds. The first kappa shape index (κ1) is 12.6. The van der Waals surface area contributed by atoms with Gasteiger partial charge in [0.25, 0.3) is 0 Å². The highest BCUT2D eigenvalue weighted by atomic mass is 32.1. The summed E-state index contributed by atoms with van der Waals surface area (Å²) in [5.74, 6) is 0.725. The average molecular weight is 227 g/mol. The second kappa shape index (κ2) is 6.90. The Hall–Kier alpha value is -0.480. The van der Waals surface area contributed by atoms with Crippen molar-refractivity contribution in [2.75, 3.05) is 13.6 Å². The van der Waals surface area contributed by atoms with Crippen molar-refractivity contribution in [2.24, 2.45) is 5.92 Å². The van der Waals surface area contributed by atoms with E-state index in [0.29, 0.717) is 0 Å². The molecule has 0 saturated carbocycles. The van der Waals surface area contributed by atoms with Crippen molar-refractivity contribution in [3.05, 3.63) is 10.0 Å². The van der Waals surface area contributed by atoms with E-state index in [-0.39, 0.29) is 0 Å². The molecule has 15 heavy (non-hydrogen) atoms. The van der Waals surface area contributed by atoms with Gasteiger partial charge in [-0.05, 0) is 25.9 Å². The molecule has 86 valence electrons. The molecule has 4 heteroatoms. The van der Waals surface area contributed by atoms with Gasteiger partial charge in [0.1, 0.15) is 10.0 Å². The number of hydrogen-bond acceptors (Lipinski definition) is 4. The summed E-state index contributed by atoms with van der Waals surface area (Å²) in [5, 5.41) is 14.0. The second-order valence-corrected chi connectivity index (χ2v) is 5.16. The van der Waals surface area contributed by atoms with Gasteiger partial charge >= 0.3 is 0 Å². The largest absolute Gasteiger partial charge is 0.320 e. The smallest absolute Gasteiger partial charge is 0.117 e. The van der Waals surface area contributed by atoms with Gasteiger partial charge in [-0.1, -0.05) is 20.3 Å². The van der Waals surface area contributed by atoms with Crippen LogP contribution in [0.25, 0.3) is 0 Å². The SMILES string of the molecule is CCC(C)Cc1nnc(CCCNC)s1. The van der Waals surface area contributed by atoms with Crippen molar-refractivity contribution in [2.45, 2.75) is 39.5 Å². The van der Waals surface area contributed by atoms with Crippen LogP contribution in [0.1, 0.15) is 36.7 Å². The number of hydrogen-bond donors (Lipinski definition) is 1. The van der Waals surface area contributed by atoms with Crippen LogP contribution in [-0.4, -0.2) is 23.8 Å². The lowest BCUT2D eigenvalue weighted by molar-refractivity contribution is 0.556. The van der Waals surface area contributed by atoms with Gasteiger partial charge in [-0.2, -0.15) is 0 Å². The Labute approximate surface area is 96.3 Å². The standard InChI is InChI=1S/C11H21N3S/c1-4-9(2)8-11-14-13-10(15-11)6-5-7-12-3/h9,12H,4-8H2,1-3H3. The van der Waals surface area contributed by atoms with Crippen molar-refractivity contribution in [3.63, 3.8) is 0 Å². The minimum absolute atomic E-state index is 0.725. The van der Waals surface area contributed by atoms with Crippen LogP contribution in [-0.2, 0) is 12.8 Å². The number of nitrogens with zero attached hydrogens (tertiary/aromatic N) is 2. The first-order valence-electron chi connectivity index (χ1n) is 5.72. The summed E-state index contributed by atoms with van der Waals surface area (Å²) in [4.78, 5) is 0. The Balaban J connectivity index is 2.35. The third kappa shape index (κ3) is 4.71. The first-order chi connectivity index (χ1) is 7.26. The Kier molecular flexibility index (Phi) is 5.79. The lowest BCUT2D eigenvalue weighted by atomic mass is 10.1. The van der Waals surface area contributed by atoms with Crippen molar-refractivity contribution in [1.29, 1.82) is 0 Å². The molecular weight excluding hydrogens is 206 g/mol. The quantitative estimate of drug-likeness (QED) is 0.726. The van der Waals surface area contributed by atoms with Crippen LogP contribution in [0.15, 0.2) is 0 Å². The predicted octanol–water partition coefficient (Wildman–Crippen LogP) is 2.28. The van der Waals surface area contributed by atoms with E-state index < -0.39 is 0 Å². The maximum absolute atomic E-state index is 4.23. The summed E-state index contributed by atoms with van der Waals surface area (Å²) in [6.07, 6.45) is 4.50. The normalized spacial score (nSPS) is 13.0. The van der Waals surface area contributed by atoms with E-state index in [1.54, 1.807) is 11.3 Å². The molecule has 1 aromatic rings. The lowest BCUT2D eigenvalue weighted by Gasteiger charge is -2.02. The Bertz CT molecular complexity index is 273. The van der Waals surface area contributed by atoms with Gasteiger partial charge in [0.2, 0.25) is 0 Å². The zero-order valence-corrected chi connectivity index (χ0v) is 10.7. The molecule has 0 aromatic carbocycles. The van der Waals surface area contributed by atoms with Crippen LogP contribution in [0.5, 0.6) is 0 Å². The molecule has 3 nitrogen and oxygen atoms in total. The molecule has 0 spiro atoms. The molecule has 1 unspecified atom stereocenters. The summed E-state index contributed by atoms with van der Waals surface area (Å²) in [7, 11) is 1.98. The Morgan fingerprint density at radius 1 is 1.33 bits per heavy atom. The van der Waals surface area contributed by atoms with E-state index in [1.807, 2.05) is 7.05 Å². The molecule has 0 saturated heterocycles. The minimum atomic E-state index is 0.725. The van der Waals surface area contributed by atoms with Gasteiger partial charge in [-0.25, -0.2) is 0 Å². The Morgan fingerprint density at radius 2 is 2.07 bits per heavy atom. The average Bonchev–Trinajstić information content (AvgIpc) is 2.66. The van der Waals surface area contributed by atoms with Crippen molar-refractivity contribution >= 4 is 11.3 Å². The number of aromatic nitrogens is 2. The van der Waals surface area contributed by atoms with Crippen LogP contribution in [0.3, 0.4) is 0 Å². The summed E-state index contributed by atoms with van der Waals surface area (Å²) in [6, 6.07) is 0. The van der Waals surface area contributed by atoms with E-state index in [1.165, 1.54) is 16.4 Å². The van der Waals surface area contributed by atoms with Gasteiger partial charge in [-0.3, -0.25) is 0 Å². The highest BCUT2D eigenvalue weighted by molar-refractivity contribution is 7.11. The monoisotopic (exact) mass is 227 g/mol. The van der Waals surface area contributed by atoms with Crippen molar-refractivity contribution < 1.29 is 0 Å². The minimum Gasteiger partial charge on any atom is -0.320 e. The molecule has 0 fully saturated rings. The molecule has 1 heterocycles. The maximum Gasteiger partial charge on any atom is 0.117 e. The van der Waals surface area contributed by atoms with E-state index >= 15 is 0 Å². The van der Waals surface area contributed by atoms with Gasteiger partial charge in [0, 0.05) is 12.8 Å². The zero-order valence-electron chi connectivity index (χ0n) is 9.92. The Morgan fingerprint density at radius 3 is 2.73 bits per heavy atom. The van der Waals surface area contributed by atoms with Gasteiger partial charge in [0.05, 0.1) is 0 Å². The fourth-order valence-electron chi connectivity index (χ4n) is 1.33. The first-order valence-corrected chi connectivity index (χ1v) is 6.53. The van der Waals surface area contributed by atoms with Crippen LogP contribution in [0, 0.1) is 5.92 Å². The molecule has 0 aliphatic heterocycles. The highest BCUT2D eigenvalue weighted by Gasteiger charge is 2.07. The zero-order chi connectivity index (χ0) is 11.1. The lowest BCUT2D eigenvalue weighted by Crippen LogP contribution is -2.08. The fourth-order valence-corrected chi connectivity index (χ4v) is 2.38. The molecule has 0 radical (unpaired) electrons. The predicted molar refractivity (Wildman–Crippen MR) is 65.3 cm³/mol. The number of nitrogens with one attached hydrogen (secondary N) is 1. The van der Waals surface area contributed by atoms with E-state index in [9.17, 15) is 0 Å². The second-order valence-electron chi connectivity index (χ2n) is 4.01. The molecule has 1 N–H and O–H groups in total. The topological polar surface area (TPSA) is 37.8 Å². The molecule has 1 rings (SSSR count). The summed E-state index contributed by atoms with van der Waals surface area (Å²) in [6.45, 7) is 5.54. The van der Waals surface area contributed by atoms with E-state index in [0.717, 1.165) is 31.7 Å². The number of rotatable bonds is 7. The summed E-state index contributed by atoms with van der Waals surface area (Å²) >= 11 is 1.78. The summed E-state index contributed by atoms with van der Waals surface area (Å²) in [5.41, 5.74) is 0. The third-order valence-electron chi connectivity index (χ3n) is 2.55.